The van der Waals surface area contributed by atoms with Gasteiger partial charge in [0.15, 0.2) is 5.82 Å². The highest BCUT2D eigenvalue weighted by atomic mass is 19.1. The number of hydrogen-bond donors (Lipinski definition) is 2. The lowest BCUT2D eigenvalue weighted by Crippen LogP contribution is -2.36. The molecule has 0 aliphatic rings. The van der Waals surface area contributed by atoms with Gasteiger partial charge in [0.1, 0.15) is 23.6 Å². The Hall–Kier alpha value is -3.68. The van der Waals surface area contributed by atoms with E-state index in [4.69, 9.17) is 9.26 Å². The van der Waals surface area contributed by atoms with E-state index >= 15 is 0 Å². The van der Waals surface area contributed by atoms with Crippen molar-refractivity contribution < 1.29 is 23.2 Å². The predicted molar refractivity (Wildman–Crippen MR) is 99.5 cm³/mol. The molecule has 2 amide bonds. The molecule has 28 heavy (non-hydrogen) atoms. The molecular weight excluding hydrogens is 365 g/mol. The van der Waals surface area contributed by atoms with Gasteiger partial charge in [0.25, 0.3) is 0 Å². The van der Waals surface area contributed by atoms with E-state index < -0.39 is 11.8 Å². The number of aromatic nitrogens is 1. The smallest absolute Gasteiger partial charge is 0.314 e. The van der Waals surface area contributed by atoms with E-state index in [0.29, 0.717) is 30.0 Å². The Bertz CT molecular complexity index is 952. The summed E-state index contributed by atoms with van der Waals surface area (Å²) in [6, 6.07) is 13.0. The van der Waals surface area contributed by atoms with Crippen molar-refractivity contribution in [1.82, 2.24) is 10.5 Å². The summed E-state index contributed by atoms with van der Waals surface area (Å²) >= 11 is 0. The topological polar surface area (TPSA) is 93.5 Å². The standard InChI is InChI=1S/C20H18FN3O4/c1-13-12-27-24-18(13)23-20(26)19(25)22-11-10-14-2-6-16(7-3-14)28-17-8-4-15(21)5-9-17/h2-9,12H,10-11H2,1H3,(H,22,25)(H,23,24,26). The minimum absolute atomic E-state index is 0.219. The van der Waals surface area contributed by atoms with Crippen molar-refractivity contribution in [3.8, 4) is 11.5 Å². The number of aryl methyl sites for hydroxylation is 1. The van der Waals surface area contributed by atoms with Crippen LogP contribution in [-0.4, -0.2) is 23.5 Å². The fraction of sp³-hybridized carbons (Fsp3) is 0.150. The normalized spacial score (nSPS) is 10.4. The van der Waals surface area contributed by atoms with Gasteiger partial charge >= 0.3 is 11.8 Å². The molecule has 0 saturated heterocycles. The summed E-state index contributed by atoms with van der Waals surface area (Å²) in [4.78, 5) is 23.6. The molecule has 1 heterocycles. The number of halogens is 1. The Labute approximate surface area is 160 Å². The van der Waals surface area contributed by atoms with Gasteiger partial charge in [-0.05, 0) is 55.3 Å². The van der Waals surface area contributed by atoms with Gasteiger partial charge in [0.05, 0.1) is 0 Å². The lowest BCUT2D eigenvalue weighted by atomic mass is 10.1. The van der Waals surface area contributed by atoms with E-state index in [1.165, 1.54) is 18.4 Å². The molecule has 0 fully saturated rings. The number of carbonyl (C=O) groups is 2. The lowest BCUT2D eigenvalue weighted by Gasteiger charge is -2.08. The van der Waals surface area contributed by atoms with Crippen LogP contribution in [0.1, 0.15) is 11.1 Å². The fourth-order valence-corrected chi connectivity index (χ4v) is 2.34. The van der Waals surface area contributed by atoms with Gasteiger partial charge in [-0.3, -0.25) is 14.9 Å². The first kappa shape index (κ1) is 19.1. The largest absolute Gasteiger partial charge is 0.457 e. The van der Waals surface area contributed by atoms with Crippen molar-refractivity contribution >= 4 is 17.6 Å². The molecular formula is C20H18FN3O4. The molecule has 0 aliphatic carbocycles. The molecule has 0 unspecified atom stereocenters. The summed E-state index contributed by atoms with van der Waals surface area (Å²) in [5.74, 6) is -0.512. The van der Waals surface area contributed by atoms with Gasteiger partial charge < -0.3 is 14.6 Å². The van der Waals surface area contributed by atoms with Crippen molar-refractivity contribution in [3.63, 3.8) is 0 Å². The Balaban J connectivity index is 1.44. The number of rotatable bonds is 6. The number of benzene rings is 2. The Kier molecular flexibility index (Phi) is 6.01. The van der Waals surface area contributed by atoms with Crippen molar-refractivity contribution in [2.45, 2.75) is 13.3 Å². The summed E-state index contributed by atoms with van der Waals surface area (Å²) in [6.45, 7) is 2.00. The number of amides is 2. The van der Waals surface area contributed by atoms with E-state index in [1.54, 1.807) is 31.2 Å². The average molecular weight is 383 g/mol. The average Bonchev–Trinajstić information content (AvgIpc) is 3.09. The third-order valence-corrected chi connectivity index (χ3v) is 3.86. The van der Waals surface area contributed by atoms with Crippen molar-refractivity contribution in [2.24, 2.45) is 0 Å². The van der Waals surface area contributed by atoms with Crippen LogP contribution >= 0.6 is 0 Å². The summed E-state index contributed by atoms with van der Waals surface area (Å²) < 4.78 is 23.2. The van der Waals surface area contributed by atoms with Gasteiger partial charge in [-0.15, -0.1) is 0 Å². The molecule has 3 aromatic rings. The summed E-state index contributed by atoms with van der Waals surface area (Å²) in [5.41, 5.74) is 1.59. The van der Waals surface area contributed by atoms with E-state index in [2.05, 4.69) is 15.8 Å². The number of nitrogens with zero attached hydrogens (tertiary/aromatic N) is 1. The predicted octanol–water partition coefficient (Wildman–Crippen LogP) is 3.21. The van der Waals surface area contributed by atoms with E-state index in [1.807, 2.05) is 12.1 Å². The molecule has 2 aromatic carbocycles. The molecule has 0 atom stereocenters. The maximum Gasteiger partial charge on any atom is 0.314 e. The first-order chi connectivity index (χ1) is 13.5. The molecule has 0 saturated carbocycles. The Morgan fingerprint density at radius 3 is 2.29 bits per heavy atom. The molecule has 144 valence electrons. The van der Waals surface area contributed by atoms with Crippen molar-refractivity contribution in [2.75, 3.05) is 11.9 Å². The Morgan fingerprint density at radius 1 is 1.04 bits per heavy atom. The second kappa shape index (κ2) is 8.81. The minimum Gasteiger partial charge on any atom is -0.457 e. The highest BCUT2D eigenvalue weighted by molar-refractivity contribution is 6.39. The van der Waals surface area contributed by atoms with E-state index in [0.717, 1.165) is 5.56 Å². The van der Waals surface area contributed by atoms with Gasteiger partial charge in [-0.2, -0.15) is 0 Å². The summed E-state index contributed by atoms with van der Waals surface area (Å²) in [7, 11) is 0. The highest BCUT2D eigenvalue weighted by Crippen LogP contribution is 2.21. The molecule has 7 nitrogen and oxygen atoms in total. The zero-order valence-electron chi connectivity index (χ0n) is 15.1. The van der Waals surface area contributed by atoms with Crippen LogP contribution in [0.25, 0.3) is 0 Å². The highest BCUT2D eigenvalue weighted by Gasteiger charge is 2.15. The third-order valence-electron chi connectivity index (χ3n) is 3.86. The van der Waals surface area contributed by atoms with Crippen LogP contribution in [0.5, 0.6) is 11.5 Å². The summed E-state index contributed by atoms with van der Waals surface area (Å²) in [6.07, 6.45) is 1.91. The number of carbonyl (C=O) groups excluding carboxylic acids is 2. The van der Waals surface area contributed by atoms with Crippen LogP contribution in [0.3, 0.4) is 0 Å². The van der Waals surface area contributed by atoms with Crippen LogP contribution < -0.4 is 15.4 Å². The minimum atomic E-state index is -0.806. The van der Waals surface area contributed by atoms with Gasteiger partial charge in [-0.1, -0.05) is 17.3 Å². The molecule has 0 spiro atoms. The molecule has 0 bridgehead atoms. The molecule has 0 radical (unpaired) electrons. The van der Waals surface area contributed by atoms with Gasteiger partial charge in [-0.25, -0.2) is 4.39 Å². The molecule has 3 rings (SSSR count). The summed E-state index contributed by atoms with van der Waals surface area (Å²) in [5, 5.41) is 8.51. The SMILES string of the molecule is Cc1conc1NC(=O)C(=O)NCCc1ccc(Oc2ccc(F)cc2)cc1. The third kappa shape index (κ3) is 5.16. The van der Waals surface area contributed by atoms with Crippen molar-refractivity contribution in [3.05, 3.63) is 71.7 Å². The zero-order valence-corrected chi connectivity index (χ0v) is 15.1. The van der Waals surface area contributed by atoms with Crippen LogP contribution in [0.15, 0.2) is 59.3 Å². The zero-order chi connectivity index (χ0) is 19.9. The quantitative estimate of drug-likeness (QED) is 0.638. The number of ether oxygens (including phenoxy) is 1. The molecule has 1 aromatic heterocycles. The molecule has 0 aliphatic heterocycles. The number of anilines is 1. The molecule has 2 N–H and O–H groups in total. The first-order valence-electron chi connectivity index (χ1n) is 8.54. The molecule has 8 heteroatoms. The monoisotopic (exact) mass is 383 g/mol. The van der Waals surface area contributed by atoms with Crippen LogP contribution in [0.2, 0.25) is 0 Å². The second-order valence-corrected chi connectivity index (χ2v) is 6.01. The van der Waals surface area contributed by atoms with Crippen molar-refractivity contribution in [1.29, 1.82) is 0 Å². The van der Waals surface area contributed by atoms with Crippen LogP contribution in [-0.2, 0) is 16.0 Å². The van der Waals surface area contributed by atoms with E-state index in [9.17, 15) is 14.0 Å². The van der Waals surface area contributed by atoms with Gasteiger partial charge in [0.2, 0.25) is 0 Å². The first-order valence-corrected chi connectivity index (χ1v) is 8.54. The van der Waals surface area contributed by atoms with Crippen LogP contribution in [0.4, 0.5) is 10.2 Å². The second-order valence-electron chi connectivity index (χ2n) is 6.01. The maximum atomic E-state index is 12.9. The fourth-order valence-electron chi connectivity index (χ4n) is 2.34. The van der Waals surface area contributed by atoms with Gasteiger partial charge in [0, 0.05) is 12.1 Å². The van der Waals surface area contributed by atoms with E-state index in [-0.39, 0.29) is 11.6 Å². The lowest BCUT2D eigenvalue weighted by molar-refractivity contribution is -0.136. The number of nitrogens with one attached hydrogen (secondary N) is 2. The Morgan fingerprint density at radius 2 is 1.68 bits per heavy atom. The van der Waals surface area contributed by atoms with Crippen LogP contribution in [0, 0.1) is 12.7 Å². The maximum absolute atomic E-state index is 12.9. The number of hydrogen-bond acceptors (Lipinski definition) is 5.